The molecule has 12 heavy (non-hydrogen) atoms. The van der Waals surface area contributed by atoms with E-state index in [2.05, 4.69) is 0 Å². The van der Waals surface area contributed by atoms with Gasteiger partial charge < -0.3 is 15.3 Å². The SMILES string of the molecule is NCC1(C(O)c2ccoc2)CC1. The van der Waals surface area contributed by atoms with E-state index >= 15 is 0 Å². The fourth-order valence-electron chi connectivity index (χ4n) is 1.53. The summed E-state index contributed by atoms with van der Waals surface area (Å²) in [5.41, 5.74) is 6.38. The molecule has 1 aromatic heterocycles. The maximum Gasteiger partial charge on any atom is 0.0960 e. The maximum atomic E-state index is 9.86. The number of furan rings is 1. The molecular formula is C9H13NO2. The van der Waals surface area contributed by atoms with E-state index in [1.54, 1.807) is 18.6 Å². The Labute approximate surface area is 71.2 Å². The van der Waals surface area contributed by atoms with Crippen molar-refractivity contribution in [2.24, 2.45) is 11.1 Å². The highest BCUT2D eigenvalue weighted by atomic mass is 16.3. The van der Waals surface area contributed by atoms with E-state index in [1.807, 2.05) is 0 Å². The largest absolute Gasteiger partial charge is 0.472 e. The zero-order valence-corrected chi connectivity index (χ0v) is 6.86. The summed E-state index contributed by atoms with van der Waals surface area (Å²) in [4.78, 5) is 0. The quantitative estimate of drug-likeness (QED) is 0.707. The molecule has 1 aliphatic carbocycles. The van der Waals surface area contributed by atoms with Crippen LogP contribution in [0.4, 0.5) is 0 Å². The van der Waals surface area contributed by atoms with Crippen LogP contribution in [0.5, 0.6) is 0 Å². The number of nitrogens with two attached hydrogens (primary N) is 1. The molecule has 1 fully saturated rings. The van der Waals surface area contributed by atoms with Gasteiger partial charge in [-0.25, -0.2) is 0 Å². The van der Waals surface area contributed by atoms with Crippen LogP contribution in [-0.4, -0.2) is 11.7 Å². The summed E-state index contributed by atoms with van der Waals surface area (Å²) in [5.74, 6) is 0. The summed E-state index contributed by atoms with van der Waals surface area (Å²) in [7, 11) is 0. The predicted octanol–water partition coefficient (Wildman–Crippen LogP) is 1.05. The van der Waals surface area contributed by atoms with Crippen molar-refractivity contribution in [3.05, 3.63) is 24.2 Å². The van der Waals surface area contributed by atoms with Crippen molar-refractivity contribution in [3.63, 3.8) is 0 Å². The topological polar surface area (TPSA) is 59.4 Å². The third-order valence-electron chi connectivity index (χ3n) is 2.74. The molecule has 0 amide bonds. The summed E-state index contributed by atoms with van der Waals surface area (Å²) < 4.78 is 4.90. The van der Waals surface area contributed by atoms with E-state index in [0.29, 0.717) is 6.54 Å². The van der Waals surface area contributed by atoms with Gasteiger partial charge in [-0.3, -0.25) is 0 Å². The first-order chi connectivity index (χ1) is 5.78. The zero-order valence-electron chi connectivity index (χ0n) is 6.86. The molecule has 2 rings (SSSR count). The molecular weight excluding hydrogens is 154 g/mol. The van der Waals surface area contributed by atoms with Crippen LogP contribution in [0.3, 0.4) is 0 Å². The molecule has 1 saturated carbocycles. The van der Waals surface area contributed by atoms with E-state index in [1.165, 1.54) is 0 Å². The molecule has 0 spiro atoms. The van der Waals surface area contributed by atoms with Crippen LogP contribution in [0, 0.1) is 5.41 Å². The molecule has 1 aromatic rings. The number of hydrogen-bond acceptors (Lipinski definition) is 3. The van der Waals surface area contributed by atoms with E-state index in [-0.39, 0.29) is 5.41 Å². The number of aliphatic hydroxyl groups excluding tert-OH is 1. The Morgan fingerprint density at radius 2 is 2.42 bits per heavy atom. The highest BCUT2D eigenvalue weighted by molar-refractivity contribution is 5.17. The molecule has 3 heteroatoms. The molecule has 3 N–H and O–H groups in total. The Kier molecular flexibility index (Phi) is 1.70. The average Bonchev–Trinajstić information content (AvgIpc) is 2.71. The van der Waals surface area contributed by atoms with Gasteiger partial charge in [0.25, 0.3) is 0 Å². The Balaban J connectivity index is 2.15. The molecule has 0 saturated heterocycles. The summed E-state index contributed by atoms with van der Waals surface area (Å²) in [6.45, 7) is 0.555. The van der Waals surface area contributed by atoms with Gasteiger partial charge in [-0.1, -0.05) is 0 Å². The summed E-state index contributed by atoms with van der Waals surface area (Å²) in [6.07, 6.45) is 4.76. The summed E-state index contributed by atoms with van der Waals surface area (Å²) in [5, 5.41) is 9.86. The van der Waals surface area contributed by atoms with Crippen LogP contribution in [0.2, 0.25) is 0 Å². The number of aliphatic hydroxyl groups is 1. The highest BCUT2D eigenvalue weighted by Gasteiger charge is 2.48. The van der Waals surface area contributed by atoms with Gasteiger partial charge in [0.15, 0.2) is 0 Å². The first-order valence-corrected chi connectivity index (χ1v) is 4.19. The highest BCUT2D eigenvalue weighted by Crippen LogP contribution is 2.53. The molecule has 0 aliphatic heterocycles. The van der Waals surface area contributed by atoms with Gasteiger partial charge in [0.1, 0.15) is 0 Å². The molecule has 0 radical (unpaired) electrons. The summed E-state index contributed by atoms with van der Waals surface area (Å²) >= 11 is 0. The van der Waals surface area contributed by atoms with Gasteiger partial charge in [0, 0.05) is 17.5 Å². The van der Waals surface area contributed by atoms with Gasteiger partial charge in [0.2, 0.25) is 0 Å². The molecule has 66 valence electrons. The minimum Gasteiger partial charge on any atom is -0.472 e. The number of hydrogen-bond donors (Lipinski definition) is 2. The van der Waals surface area contributed by atoms with Gasteiger partial charge in [-0.15, -0.1) is 0 Å². The minimum atomic E-state index is -0.443. The first kappa shape index (κ1) is 7.83. The third kappa shape index (κ3) is 1.06. The van der Waals surface area contributed by atoms with Crippen LogP contribution in [0.15, 0.2) is 23.0 Å². The van der Waals surface area contributed by atoms with Crippen LogP contribution >= 0.6 is 0 Å². The molecule has 1 unspecified atom stereocenters. The molecule has 3 nitrogen and oxygen atoms in total. The molecule has 1 aliphatic rings. The molecule has 1 atom stereocenters. The first-order valence-electron chi connectivity index (χ1n) is 4.19. The Morgan fingerprint density at radius 3 is 2.83 bits per heavy atom. The average molecular weight is 167 g/mol. The normalized spacial score (nSPS) is 22.2. The van der Waals surface area contributed by atoms with Crippen molar-refractivity contribution in [2.75, 3.05) is 6.54 Å². The second kappa shape index (κ2) is 2.61. The second-order valence-corrected chi connectivity index (χ2v) is 3.53. The lowest BCUT2D eigenvalue weighted by Gasteiger charge is -2.18. The Bertz CT molecular complexity index is 252. The van der Waals surface area contributed by atoms with Crippen molar-refractivity contribution in [1.82, 2.24) is 0 Å². The van der Waals surface area contributed by atoms with Gasteiger partial charge in [-0.2, -0.15) is 0 Å². The van der Waals surface area contributed by atoms with Crippen molar-refractivity contribution < 1.29 is 9.52 Å². The van der Waals surface area contributed by atoms with Crippen molar-refractivity contribution in [1.29, 1.82) is 0 Å². The van der Waals surface area contributed by atoms with Crippen LogP contribution in [0.1, 0.15) is 24.5 Å². The van der Waals surface area contributed by atoms with Crippen molar-refractivity contribution in [2.45, 2.75) is 18.9 Å². The Hall–Kier alpha value is -0.800. The minimum absolute atomic E-state index is 0.0517. The van der Waals surface area contributed by atoms with Crippen molar-refractivity contribution in [3.8, 4) is 0 Å². The van der Waals surface area contributed by atoms with E-state index in [0.717, 1.165) is 18.4 Å². The number of rotatable bonds is 3. The van der Waals surface area contributed by atoms with Crippen molar-refractivity contribution >= 4 is 0 Å². The lowest BCUT2D eigenvalue weighted by Crippen LogP contribution is -2.23. The summed E-state index contributed by atoms with van der Waals surface area (Å²) in [6, 6.07) is 1.79. The van der Waals surface area contributed by atoms with E-state index in [9.17, 15) is 5.11 Å². The fourth-order valence-corrected chi connectivity index (χ4v) is 1.53. The van der Waals surface area contributed by atoms with Crippen LogP contribution < -0.4 is 5.73 Å². The van der Waals surface area contributed by atoms with Gasteiger partial charge >= 0.3 is 0 Å². The zero-order chi connectivity index (χ0) is 8.60. The second-order valence-electron chi connectivity index (χ2n) is 3.53. The fraction of sp³-hybridized carbons (Fsp3) is 0.556. The standard InChI is InChI=1S/C9H13NO2/c10-6-9(2-3-9)8(11)7-1-4-12-5-7/h1,4-5,8,11H,2-3,6,10H2. The lowest BCUT2D eigenvalue weighted by atomic mass is 9.95. The smallest absolute Gasteiger partial charge is 0.0960 e. The monoisotopic (exact) mass is 167 g/mol. The van der Waals surface area contributed by atoms with Gasteiger partial charge in [0.05, 0.1) is 18.6 Å². The van der Waals surface area contributed by atoms with Crippen LogP contribution in [-0.2, 0) is 0 Å². The van der Waals surface area contributed by atoms with Crippen LogP contribution in [0.25, 0.3) is 0 Å². The predicted molar refractivity (Wildman–Crippen MR) is 44.4 cm³/mol. The Morgan fingerprint density at radius 1 is 1.67 bits per heavy atom. The molecule has 0 bridgehead atoms. The molecule has 0 aromatic carbocycles. The van der Waals surface area contributed by atoms with E-state index in [4.69, 9.17) is 10.2 Å². The van der Waals surface area contributed by atoms with Gasteiger partial charge in [-0.05, 0) is 18.9 Å². The van der Waals surface area contributed by atoms with E-state index < -0.39 is 6.10 Å². The lowest BCUT2D eigenvalue weighted by molar-refractivity contribution is 0.0969. The third-order valence-corrected chi connectivity index (χ3v) is 2.74. The maximum absolute atomic E-state index is 9.86. The molecule has 1 heterocycles.